The minimum atomic E-state index is -0.750. The molecule has 258 valence electrons. The molecule has 1 unspecified atom stereocenters. The molecule has 0 aliphatic carbocycles. The van der Waals surface area contributed by atoms with Crippen molar-refractivity contribution in [2.24, 2.45) is 0 Å². The van der Waals surface area contributed by atoms with Gasteiger partial charge in [-0.15, -0.1) is 0 Å². The van der Waals surface area contributed by atoms with Crippen molar-refractivity contribution in [1.82, 2.24) is 0 Å². The van der Waals surface area contributed by atoms with Crippen molar-refractivity contribution in [2.45, 2.75) is 108 Å². The highest BCUT2D eigenvalue weighted by Gasteiger charge is 2.20. The molecule has 0 saturated carbocycles. The summed E-state index contributed by atoms with van der Waals surface area (Å²) in [4.78, 5) is 8.26. The first-order valence-corrected chi connectivity index (χ1v) is 20.5. The Balaban J connectivity index is 1.42. The normalized spacial score (nSPS) is 13.5. The van der Waals surface area contributed by atoms with Crippen molar-refractivity contribution < 1.29 is 0 Å². The van der Waals surface area contributed by atoms with Crippen LogP contribution in [-0.4, -0.2) is 0 Å². The summed E-state index contributed by atoms with van der Waals surface area (Å²) in [6.07, 6.45) is 0. The van der Waals surface area contributed by atoms with Crippen molar-refractivity contribution in [2.75, 3.05) is 0 Å². The minimum absolute atomic E-state index is 0.119. The highest BCUT2D eigenvalue weighted by atomic mass is 32.2. The van der Waals surface area contributed by atoms with Crippen LogP contribution in [0, 0.1) is 0 Å². The van der Waals surface area contributed by atoms with Gasteiger partial charge in [-0.25, -0.2) is 0 Å². The fourth-order valence-electron chi connectivity index (χ4n) is 6.45. The molecule has 0 bridgehead atoms. The third-order valence-corrected chi connectivity index (χ3v) is 14.4. The average Bonchev–Trinajstić information content (AvgIpc) is 3.09. The van der Waals surface area contributed by atoms with Gasteiger partial charge >= 0.3 is 0 Å². The molecule has 0 saturated heterocycles. The van der Waals surface area contributed by atoms with Crippen LogP contribution in [0.15, 0.2) is 181 Å². The van der Waals surface area contributed by atoms with E-state index < -0.39 is 21.8 Å². The van der Waals surface area contributed by atoms with Crippen LogP contribution < -0.4 is 0 Å². The lowest BCUT2D eigenvalue weighted by atomic mass is 9.87. The predicted molar refractivity (Wildman–Crippen MR) is 221 cm³/mol. The number of thiol groups is 2. The molecule has 0 heterocycles. The molecule has 0 fully saturated rings. The molecule has 1 atom stereocenters. The second kappa shape index (κ2) is 14.3. The largest absolute Gasteiger partial charge is 0.173 e. The van der Waals surface area contributed by atoms with Crippen LogP contribution in [0.2, 0.25) is 0 Å². The lowest BCUT2D eigenvalue weighted by molar-refractivity contribution is 0.589. The van der Waals surface area contributed by atoms with Gasteiger partial charge in [-0.1, -0.05) is 141 Å². The van der Waals surface area contributed by atoms with Crippen molar-refractivity contribution in [3.63, 3.8) is 0 Å². The molecular formula is C48H54S2. The van der Waals surface area contributed by atoms with Gasteiger partial charge in [-0.05, 0) is 146 Å². The molecule has 6 rings (SSSR count). The Morgan fingerprint density at radius 3 is 0.860 bits per heavy atom. The zero-order valence-corrected chi connectivity index (χ0v) is 33.1. The van der Waals surface area contributed by atoms with Gasteiger partial charge in [0.1, 0.15) is 0 Å². The summed E-state index contributed by atoms with van der Waals surface area (Å²) < 4.78 is 0. The van der Waals surface area contributed by atoms with E-state index in [1.54, 1.807) is 0 Å². The predicted octanol–water partition coefficient (Wildman–Crippen LogP) is 14.2. The van der Waals surface area contributed by atoms with Crippen LogP contribution in [0.3, 0.4) is 0 Å². The molecule has 0 N–H and O–H groups in total. The summed E-state index contributed by atoms with van der Waals surface area (Å²) in [5.41, 5.74) is 7.00. The van der Waals surface area contributed by atoms with E-state index in [1.165, 1.54) is 57.2 Å². The maximum Gasteiger partial charge on any atom is -0.00390 e. The van der Waals surface area contributed by atoms with Crippen molar-refractivity contribution >= 4 is 21.8 Å². The number of hydrogen-bond donors (Lipinski definition) is 2. The lowest BCUT2D eigenvalue weighted by Crippen LogP contribution is -2.11. The van der Waals surface area contributed by atoms with Gasteiger partial charge in [0, 0.05) is 0 Å². The minimum Gasteiger partial charge on any atom is -0.173 e. The van der Waals surface area contributed by atoms with E-state index in [-0.39, 0.29) is 16.2 Å². The van der Waals surface area contributed by atoms with Crippen LogP contribution in [0.1, 0.15) is 79.0 Å². The molecule has 0 aliphatic rings. The zero-order chi connectivity index (χ0) is 35.7. The Morgan fingerprint density at radius 2 is 0.560 bits per heavy atom. The van der Waals surface area contributed by atoms with Crippen LogP contribution in [0.25, 0.3) is 11.1 Å². The quantitative estimate of drug-likeness (QED) is 0.153. The maximum atomic E-state index is 2.45. The molecule has 0 amide bonds. The van der Waals surface area contributed by atoms with E-state index in [0.717, 1.165) is 0 Å². The van der Waals surface area contributed by atoms with E-state index in [9.17, 15) is 0 Å². The molecule has 0 aromatic heterocycles. The standard InChI is InChI=1S/C48H54S2/c1-46(2,3)37-21-27-41(28-22-37)49(40-17-11-10-12-18-40)44-19-13-15-35(33-44)36-16-14-20-45(34-36)50(42-29-23-38(24-30-42)47(4,5)6)43-31-25-39(26-32-43)48(7,8)9/h10-34,49-50H,1-9H3. The van der Waals surface area contributed by atoms with Gasteiger partial charge in [-0.3, -0.25) is 0 Å². The summed E-state index contributed by atoms with van der Waals surface area (Å²) in [6, 6.07) is 57.8. The van der Waals surface area contributed by atoms with Gasteiger partial charge < -0.3 is 0 Å². The Bertz CT molecular complexity index is 1960. The van der Waals surface area contributed by atoms with Gasteiger partial charge in [-0.2, -0.15) is 21.8 Å². The second-order valence-corrected chi connectivity index (χ2v) is 20.9. The maximum absolute atomic E-state index is 2.45. The van der Waals surface area contributed by atoms with E-state index in [2.05, 4.69) is 214 Å². The number of rotatable bonds is 7. The fourth-order valence-corrected chi connectivity index (χ4v) is 11.1. The van der Waals surface area contributed by atoms with Crippen molar-refractivity contribution in [1.29, 1.82) is 0 Å². The Hall–Kier alpha value is -3.98. The number of hydrogen-bond acceptors (Lipinski definition) is 0. The smallest absolute Gasteiger partial charge is 0.00390 e. The first-order valence-electron chi connectivity index (χ1n) is 17.9. The van der Waals surface area contributed by atoms with Crippen molar-refractivity contribution in [3.8, 4) is 11.1 Å². The zero-order valence-electron chi connectivity index (χ0n) is 31.3. The Kier molecular flexibility index (Phi) is 10.3. The van der Waals surface area contributed by atoms with Gasteiger partial charge in [0.15, 0.2) is 0 Å². The van der Waals surface area contributed by atoms with E-state index in [0.29, 0.717) is 0 Å². The third-order valence-electron chi connectivity index (χ3n) is 9.53. The topological polar surface area (TPSA) is 0 Å². The van der Waals surface area contributed by atoms with Crippen LogP contribution in [-0.2, 0) is 16.2 Å². The van der Waals surface area contributed by atoms with Gasteiger partial charge in [0.2, 0.25) is 0 Å². The molecule has 2 heteroatoms. The first kappa shape index (κ1) is 35.8. The number of benzene rings is 6. The van der Waals surface area contributed by atoms with E-state index in [4.69, 9.17) is 0 Å². The van der Waals surface area contributed by atoms with Gasteiger partial charge in [0.25, 0.3) is 0 Å². The SMILES string of the molecule is CC(C)(C)c1ccc([SH](c2ccccc2)c2cccc(-c3cccc([SH](c4ccc(C(C)(C)C)cc4)c4ccc(C(C)(C)C)cc4)c3)c2)cc1. The summed E-state index contributed by atoms with van der Waals surface area (Å²) in [7, 11) is -1.47. The summed E-state index contributed by atoms with van der Waals surface area (Å²) in [6.45, 7) is 20.6. The molecule has 6 aromatic rings. The fraction of sp³-hybridized carbons (Fsp3) is 0.250. The second-order valence-electron chi connectivity index (χ2n) is 16.5. The Labute approximate surface area is 307 Å². The molecule has 0 radical (unpaired) electrons. The van der Waals surface area contributed by atoms with E-state index >= 15 is 0 Å². The highest BCUT2D eigenvalue weighted by molar-refractivity contribution is 8.17. The Morgan fingerprint density at radius 1 is 0.280 bits per heavy atom. The lowest BCUT2D eigenvalue weighted by Gasteiger charge is -2.27. The summed E-state index contributed by atoms with van der Waals surface area (Å²) in [5.74, 6) is 0. The highest BCUT2D eigenvalue weighted by Crippen LogP contribution is 2.54. The average molecular weight is 695 g/mol. The molecule has 0 aliphatic heterocycles. The summed E-state index contributed by atoms with van der Waals surface area (Å²) in [5, 5.41) is 0. The summed E-state index contributed by atoms with van der Waals surface area (Å²) >= 11 is 0. The van der Waals surface area contributed by atoms with Crippen LogP contribution >= 0.6 is 21.8 Å². The molecule has 50 heavy (non-hydrogen) atoms. The monoisotopic (exact) mass is 694 g/mol. The molecule has 0 nitrogen and oxygen atoms in total. The van der Waals surface area contributed by atoms with Crippen LogP contribution in [0.4, 0.5) is 0 Å². The first-order chi connectivity index (χ1) is 23.7. The molecular weight excluding hydrogens is 641 g/mol. The van der Waals surface area contributed by atoms with Crippen LogP contribution in [0.5, 0.6) is 0 Å². The van der Waals surface area contributed by atoms with Gasteiger partial charge in [0.05, 0.1) is 0 Å². The molecule has 0 spiro atoms. The third kappa shape index (κ3) is 8.14. The molecule has 6 aromatic carbocycles. The van der Waals surface area contributed by atoms with E-state index in [1.807, 2.05) is 0 Å². The van der Waals surface area contributed by atoms with Crippen molar-refractivity contribution in [3.05, 3.63) is 168 Å².